The second-order valence-corrected chi connectivity index (χ2v) is 5.22. The van der Waals surface area contributed by atoms with E-state index in [1.807, 2.05) is 31.2 Å². The Morgan fingerprint density at radius 2 is 2.05 bits per heavy atom. The lowest BCUT2D eigenvalue weighted by molar-refractivity contribution is -0.148. The van der Waals surface area contributed by atoms with Gasteiger partial charge >= 0.3 is 5.97 Å². The van der Waals surface area contributed by atoms with Crippen LogP contribution >= 0.6 is 0 Å². The van der Waals surface area contributed by atoms with Crippen molar-refractivity contribution in [3.05, 3.63) is 35.4 Å². The van der Waals surface area contributed by atoms with Crippen LogP contribution in [0, 0.1) is 6.92 Å². The summed E-state index contributed by atoms with van der Waals surface area (Å²) in [6.45, 7) is 2.10. The van der Waals surface area contributed by atoms with E-state index in [9.17, 15) is 14.7 Å². The second-order valence-electron chi connectivity index (χ2n) is 5.22. The van der Waals surface area contributed by atoms with Crippen molar-refractivity contribution in [2.75, 3.05) is 6.54 Å². The Balaban J connectivity index is 1.98. The molecular formula is C15H19NO4. The molecule has 0 saturated carbocycles. The molecule has 0 bridgehead atoms. The molecular weight excluding hydrogens is 258 g/mol. The van der Waals surface area contributed by atoms with E-state index in [-0.39, 0.29) is 25.3 Å². The molecule has 0 aliphatic carbocycles. The van der Waals surface area contributed by atoms with Crippen LogP contribution in [0.1, 0.15) is 24.0 Å². The molecule has 1 aliphatic rings. The summed E-state index contributed by atoms with van der Waals surface area (Å²) >= 11 is 0. The fraction of sp³-hybridized carbons (Fsp3) is 0.467. The van der Waals surface area contributed by atoms with Gasteiger partial charge < -0.3 is 15.1 Å². The summed E-state index contributed by atoms with van der Waals surface area (Å²) in [5.74, 6) is -1.26. The summed E-state index contributed by atoms with van der Waals surface area (Å²) in [6, 6.07) is 6.93. The fourth-order valence-corrected chi connectivity index (χ4v) is 2.60. The molecule has 20 heavy (non-hydrogen) atoms. The van der Waals surface area contributed by atoms with Crippen molar-refractivity contribution in [2.45, 2.75) is 38.3 Å². The van der Waals surface area contributed by atoms with Crippen molar-refractivity contribution < 1.29 is 19.8 Å². The number of rotatable bonds is 4. The predicted octanol–water partition coefficient (Wildman–Crippen LogP) is 0.974. The topological polar surface area (TPSA) is 77.8 Å². The summed E-state index contributed by atoms with van der Waals surface area (Å²) in [5, 5.41) is 18.6. The number of nitrogens with zero attached hydrogens (tertiary/aromatic N) is 1. The molecule has 0 aromatic heterocycles. The van der Waals surface area contributed by atoms with Crippen LogP contribution in [-0.4, -0.2) is 45.7 Å². The van der Waals surface area contributed by atoms with Crippen LogP contribution in [0.5, 0.6) is 0 Å². The van der Waals surface area contributed by atoms with Crippen molar-refractivity contribution in [1.82, 2.24) is 4.90 Å². The van der Waals surface area contributed by atoms with Gasteiger partial charge in [-0.2, -0.15) is 0 Å². The van der Waals surface area contributed by atoms with Crippen molar-refractivity contribution in [2.24, 2.45) is 0 Å². The van der Waals surface area contributed by atoms with Crippen LogP contribution in [0.3, 0.4) is 0 Å². The summed E-state index contributed by atoms with van der Waals surface area (Å²) < 4.78 is 0. The third-order valence-electron chi connectivity index (χ3n) is 3.75. The van der Waals surface area contributed by atoms with E-state index < -0.39 is 18.1 Å². The number of carbonyl (C=O) groups excluding carboxylic acids is 1. The average Bonchev–Trinajstić information content (AvgIpc) is 2.80. The maximum absolute atomic E-state index is 12.1. The molecule has 108 valence electrons. The first kappa shape index (κ1) is 14.5. The molecule has 2 N–H and O–H groups in total. The normalized spacial score (nSPS) is 22.0. The van der Waals surface area contributed by atoms with E-state index >= 15 is 0 Å². The predicted molar refractivity (Wildman–Crippen MR) is 73.3 cm³/mol. The largest absolute Gasteiger partial charge is 0.480 e. The van der Waals surface area contributed by atoms with Gasteiger partial charge in [0.25, 0.3) is 0 Å². The molecule has 5 nitrogen and oxygen atoms in total. The number of aliphatic hydroxyl groups is 1. The second kappa shape index (κ2) is 6.05. The molecule has 0 spiro atoms. The lowest BCUT2D eigenvalue weighted by atomic mass is 10.0. The van der Waals surface area contributed by atoms with E-state index in [0.29, 0.717) is 6.42 Å². The quantitative estimate of drug-likeness (QED) is 0.859. The van der Waals surface area contributed by atoms with Crippen molar-refractivity contribution in [3.8, 4) is 0 Å². The monoisotopic (exact) mass is 277 g/mol. The van der Waals surface area contributed by atoms with Gasteiger partial charge in [0.2, 0.25) is 5.91 Å². The minimum Gasteiger partial charge on any atom is -0.480 e. The number of carbonyl (C=O) groups is 2. The number of carboxylic acids is 1. The molecule has 5 heteroatoms. The van der Waals surface area contributed by atoms with Gasteiger partial charge in [-0.05, 0) is 24.5 Å². The number of likely N-dealkylation sites (tertiary alicyclic amines) is 1. The Bertz CT molecular complexity index is 514. The Labute approximate surface area is 117 Å². The van der Waals surface area contributed by atoms with Gasteiger partial charge in [-0.25, -0.2) is 4.79 Å². The lowest BCUT2D eigenvalue weighted by Gasteiger charge is -2.21. The molecule has 2 rings (SSSR count). The third kappa shape index (κ3) is 3.17. The fourth-order valence-electron chi connectivity index (χ4n) is 2.60. The number of amides is 1. The number of aliphatic hydroxyl groups excluding tert-OH is 1. The number of carboxylic acid groups (broad SMARTS) is 1. The Hall–Kier alpha value is -1.88. The molecule has 1 aliphatic heterocycles. The van der Waals surface area contributed by atoms with Crippen LogP contribution in [0.2, 0.25) is 0 Å². The number of β-amino-alcohol motifs (C(OH)–C–C–N with tert-alkyl or cyclic N) is 1. The Morgan fingerprint density at radius 1 is 1.35 bits per heavy atom. The van der Waals surface area contributed by atoms with Crippen molar-refractivity contribution >= 4 is 11.9 Å². The van der Waals surface area contributed by atoms with Crippen LogP contribution in [0.4, 0.5) is 0 Å². The van der Waals surface area contributed by atoms with Gasteiger partial charge in [-0.3, -0.25) is 4.79 Å². The summed E-state index contributed by atoms with van der Waals surface area (Å²) in [7, 11) is 0. The average molecular weight is 277 g/mol. The number of hydrogen-bond donors (Lipinski definition) is 2. The Morgan fingerprint density at radius 3 is 2.70 bits per heavy atom. The van der Waals surface area contributed by atoms with Gasteiger partial charge in [0.05, 0.1) is 6.10 Å². The van der Waals surface area contributed by atoms with Crippen LogP contribution in [0.15, 0.2) is 24.3 Å². The van der Waals surface area contributed by atoms with Gasteiger partial charge in [-0.1, -0.05) is 24.3 Å². The first-order chi connectivity index (χ1) is 9.49. The van der Waals surface area contributed by atoms with Crippen molar-refractivity contribution in [1.29, 1.82) is 0 Å². The number of benzene rings is 1. The maximum atomic E-state index is 12.1. The highest BCUT2D eigenvalue weighted by atomic mass is 16.4. The smallest absolute Gasteiger partial charge is 0.326 e. The summed E-state index contributed by atoms with van der Waals surface area (Å²) in [4.78, 5) is 24.5. The molecule has 1 aromatic carbocycles. The number of aryl methyl sites for hydroxylation is 2. The van der Waals surface area contributed by atoms with E-state index in [1.54, 1.807) is 0 Å². The molecule has 1 amide bonds. The van der Waals surface area contributed by atoms with Gasteiger partial charge in [0, 0.05) is 19.4 Å². The third-order valence-corrected chi connectivity index (χ3v) is 3.75. The van der Waals surface area contributed by atoms with E-state index in [1.165, 1.54) is 4.90 Å². The molecule has 1 heterocycles. The number of hydrogen-bond acceptors (Lipinski definition) is 3. The minimum atomic E-state index is -1.05. The highest BCUT2D eigenvalue weighted by Gasteiger charge is 2.38. The zero-order valence-corrected chi connectivity index (χ0v) is 11.5. The maximum Gasteiger partial charge on any atom is 0.326 e. The van der Waals surface area contributed by atoms with Crippen LogP contribution in [-0.2, 0) is 16.0 Å². The lowest BCUT2D eigenvalue weighted by Crippen LogP contribution is -2.40. The van der Waals surface area contributed by atoms with Crippen LogP contribution in [0.25, 0.3) is 0 Å². The first-order valence-electron chi connectivity index (χ1n) is 6.74. The molecule has 1 saturated heterocycles. The van der Waals surface area contributed by atoms with Gasteiger partial charge in [-0.15, -0.1) is 0 Å². The van der Waals surface area contributed by atoms with E-state index in [2.05, 4.69) is 0 Å². The molecule has 1 aromatic rings. The van der Waals surface area contributed by atoms with E-state index in [0.717, 1.165) is 11.1 Å². The minimum absolute atomic E-state index is 0.115. The molecule has 2 atom stereocenters. The highest BCUT2D eigenvalue weighted by molar-refractivity contribution is 5.84. The molecule has 0 unspecified atom stereocenters. The number of aliphatic carboxylic acids is 1. The zero-order valence-electron chi connectivity index (χ0n) is 11.5. The Kier molecular flexibility index (Phi) is 4.39. The SMILES string of the molecule is Cc1ccccc1CCC(=O)N1C[C@@H](O)C[C@H]1C(=O)O. The highest BCUT2D eigenvalue weighted by Crippen LogP contribution is 2.20. The van der Waals surface area contributed by atoms with Crippen LogP contribution < -0.4 is 0 Å². The van der Waals surface area contributed by atoms with Gasteiger partial charge in [0.15, 0.2) is 0 Å². The van der Waals surface area contributed by atoms with E-state index in [4.69, 9.17) is 5.11 Å². The first-order valence-corrected chi connectivity index (χ1v) is 6.74. The standard InChI is InChI=1S/C15H19NO4/c1-10-4-2-3-5-11(10)6-7-14(18)16-9-12(17)8-13(16)15(19)20/h2-5,12-13,17H,6-9H2,1H3,(H,19,20)/t12-,13-/m0/s1. The van der Waals surface area contributed by atoms with Crippen molar-refractivity contribution in [3.63, 3.8) is 0 Å². The molecule has 1 fully saturated rings. The molecule has 0 radical (unpaired) electrons. The summed E-state index contributed by atoms with van der Waals surface area (Å²) in [6.07, 6.45) is 0.232. The summed E-state index contributed by atoms with van der Waals surface area (Å²) in [5.41, 5.74) is 2.21. The van der Waals surface area contributed by atoms with Gasteiger partial charge in [0.1, 0.15) is 6.04 Å². The zero-order chi connectivity index (χ0) is 14.7.